The molecular formula is C25H33N5O4. The third-order valence-corrected chi connectivity index (χ3v) is 5.62. The van der Waals surface area contributed by atoms with Gasteiger partial charge in [-0.3, -0.25) is 19.1 Å². The molecule has 0 aliphatic heterocycles. The molecule has 0 unspecified atom stereocenters. The number of carbonyl (C=O) groups excluding carboxylic acids is 1. The summed E-state index contributed by atoms with van der Waals surface area (Å²) in [6.45, 7) is 6.76. The first-order chi connectivity index (χ1) is 16.3. The highest BCUT2D eigenvalue weighted by atomic mass is 16.4. The third-order valence-electron chi connectivity index (χ3n) is 5.62. The van der Waals surface area contributed by atoms with Crippen molar-refractivity contribution in [3.05, 3.63) is 63.3 Å². The van der Waals surface area contributed by atoms with Gasteiger partial charge in [-0.1, -0.05) is 57.5 Å². The van der Waals surface area contributed by atoms with Crippen molar-refractivity contribution in [1.82, 2.24) is 14.5 Å². The van der Waals surface area contributed by atoms with E-state index in [1.165, 1.54) is 9.47 Å². The van der Waals surface area contributed by atoms with Crippen molar-refractivity contribution in [3.8, 4) is 11.3 Å². The number of amides is 1. The number of nitrogens with zero attached hydrogens (tertiary/aromatic N) is 3. The second kappa shape index (κ2) is 11.5. The van der Waals surface area contributed by atoms with Gasteiger partial charge < -0.3 is 15.1 Å². The number of H-pyrrole nitrogens is 1. The molecule has 0 radical (unpaired) electrons. The molecule has 0 spiro atoms. The molecule has 9 nitrogen and oxygen atoms in total. The van der Waals surface area contributed by atoms with E-state index in [0.29, 0.717) is 37.1 Å². The van der Waals surface area contributed by atoms with Gasteiger partial charge in [0.05, 0.1) is 6.20 Å². The molecule has 3 aromatic rings. The molecule has 0 aliphatic rings. The molecule has 1 aromatic carbocycles. The van der Waals surface area contributed by atoms with E-state index in [9.17, 15) is 14.4 Å². The molecule has 0 aliphatic carbocycles. The SMILES string of the molecule is CCCCn1c(N)c(N(CCC(C)C)C(=O)CCc2ncc(-c3ccccc3)o2)c(=O)[nH]c1=O. The van der Waals surface area contributed by atoms with E-state index in [1.54, 1.807) is 6.20 Å². The number of aromatic nitrogens is 3. The molecule has 0 bridgehead atoms. The van der Waals surface area contributed by atoms with Gasteiger partial charge in [-0.15, -0.1) is 0 Å². The first-order valence-electron chi connectivity index (χ1n) is 11.7. The van der Waals surface area contributed by atoms with E-state index in [0.717, 1.165) is 18.4 Å². The van der Waals surface area contributed by atoms with Crippen LogP contribution in [-0.2, 0) is 17.8 Å². The standard InChI is InChI=1S/C25H33N5O4/c1-4-5-14-30-23(26)22(24(32)28-25(30)33)29(15-13-17(2)3)21(31)12-11-20-27-16-19(34-20)18-9-7-6-8-10-18/h6-10,16-17H,4-5,11-15,26H2,1-3H3,(H,28,32,33). The summed E-state index contributed by atoms with van der Waals surface area (Å²) in [7, 11) is 0. The number of aromatic amines is 1. The Bertz CT molecular complexity index is 1210. The molecule has 182 valence electrons. The number of unbranched alkanes of at least 4 members (excludes halogenated alkanes) is 1. The molecule has 2 heterocycles. The molecule has 9 heteroatoms. The van der Waals surface area contributed by atoms with Crippen LogP contribution in [0.3, 0.4) is 0 Å². The Morgan fingerprint density at radius 1 is 1.24 bits per heavy atom. The molecule has 3 N–H and O–H groups in total. The van der Waals surface area contributed by atoms with Crippen molar-refractivity contribution >= 4 is 17.4 Å². The molecule has 0 saturated heterocycles. The molecule has 3 rings (SSSR count). The zero-order valence-electron chi connectivity index (χ0n) is 20.0. The average Bonchev–Trinajstić information content (AvgIpc) is 3.29. The van der Waals surface area contributed by atoms with Crippen LogP contribution >= 0.6 is 0 Å². The van der Waals surface area contributed by atoms with Gasteiger partial charge in [-0.05, 0) is 18.8 Å². The highest BCUT2D eigenvalue weighted by Gasteiger charge is 2.24. The van der Waals surface area contributed by atoms with E-state index >= 15 is 0 Å². The van der Waals surface area contributed by atoms with Crippen LogP contribution in [0.2, 0.25) is 0 Å². The fourth-order valence-corrected chi connectivity index (χ4v) is 3.64. The van der Waals surface area contributed by atoms with Gasteiger partial charge in [-0.25, -0.2) is 9.78 Å². The molecule has 34 heavy (non-hydrogen) atoms. The van der Waals surface area contributed by atoms with Crippen molar-refractivity contribution in [3.63, 3.8) is 0 Å². The van der Waals surface area contributed by atoms with Crippen LogP contribution in [0, 0.1) is 5.92 Å². The maximum absolute atomic E-state index is 13.3. The lowest BCUT2D eigenvalue weighted by Crippen LogP contribution is -2.42. The second-order valence-corrected chi connectivity index (χ2v) is 8.71. The van der Waals surface area contributed by atoms with Crippen LogP contribution < -0.4 is 21.9 Å². The largest absolute Gasteiger partial charge is 0.441 e. The predicted octanol–water partition coefficient (Wildman–Crippen LogP) is 3.59. The van der Waals surface area contributed by atoms with E-state index in [-0.39, 0.29) is 30.3 Å². The summed E-state index contributed by atoms with van der Waals surface area (Å²) in [5.41, 5.74) is 5.97. The van der Waals surface area contributed by atoms with E-state index in [4.69, 9.17) is 10.2 Å². The van der Waals surface area contributed by atoms with E-state index in [2.05, 4.69) is 9.97 Å². The molecule has 2 aromatic heterocycles. The van der Waals surface area contributed by atoms with Crippen molar-refractivity contribution in [1.29, 1.82) is 0 Å². The van der Waals surface area contributed by atoms with Gasteiger partial charge in [0, 0.05) is 31.5 Å². The third kappa shape index (κ3) is 6.03. The minimum Gasteiger partial charge on any atom is -0.441 e. The Balaban J connectivity index is 1.84. The highest BCUT2D eigenvalue weighted by molar-refractivity contribution is 5.95. The number of nitrogen functional groups attached to an aromatic ring is 1. The van der Waals surface area contributed by atoms with Crippen molar-refractivity contribution in [2.24, 2.45) is 5.92 Å². The van der Waals surface area contributed by atoms with Gasteiger partial charge in [-0.2, -0.15) is 0 Å². The van der Waals surface area contributed by atoms with E-state index in [1.807, 2.05) is 51.1 Å². The maximum Gasteiger partial charge on any atom is 0.330 e. The van der Waals surface area contributed by atoms with Crippen LogP contribution in [-0.4, -0.2) is 27.0 Å². The first-order valence-corrected chi connectivity index (χ1v) is 11.7. The number of anilines is 2. The summed E-state index contributed by atoms with van der Waals surface area (Å²) in [6, 6.07) is 9.59. The number of nitrogens with two attached hydrogens (primary N) is 1. The van der Waals surface area contributed by atoms with Gasteiger partial charge >= 0.3 is 5.69 Å². The number of benzene rings is 1. The van der Waals surface area contributed by atoms with Gasteiger partial charge in [0.1, 0.15) is 5.82 Å². The molecule has 0 saturated carbocycles. The summed E-state index contributed by atoms with van der Waals surface area (Å²) in [6.07, 6.45) is 4.26. The number of aryl methyl sites for hydroxylation is 1. The fraction of sp³-hybridized carbons (Fsp3) is 0.440. The Morgan fingerprint density at radius 2 is 1.97 bits per heavy atom. The minimum absolute atomic E-state index is 0.0155. The number of carbonyl (C=O) groups is 1. The topological polar surface area (TPSA) is 127 Å². The maximum atomic E-state index is 13.3. The lowest BCUT2D eigenvalue weighted by molar-refractivity contribution is -0.118. The zero-order chi connectivity index (χ0) is 24.7. The number of hydrogen-bond donors (Lipinski definition) is 2. The lowest BCUT2D eigenvalue weighted by atomic mass is 10.1. The van der Waals surface area contributed by atoms with Crippen molar-refractivity contribution in [2.75, 3.05) is 17.2 Å². The number of oxazole rings is 1. The van der Waals surface area contributed by atoms with Crippen molar-refractivity contribution in [2.45, 2.75) is 59.4 Å². The molecule has 1 amide bonds. The van der Waals surface area contributed by atoms with Crippen LogP contribution in [0.1, 0.15) is 52.3 Å². The Morgan fingerprint density at radius 3 is 2.65 bits per heavy atom. The van der Waals surface area contributed by atoms with Gasteiger partial charge in [0.15, 0.2) is 17.3 Å². The minimum atomic E-state index is -0.658. The zero-order valence-corrected chi connectivity index (χ0v) is 20.0. The van der Waals surface area contributed by atoms with Gasteiger partial charge in [0.25, 0.3) is 5.56 Å². The van der Waals surface area contributed by atoms with Crippen LogP contribution in [0.15, 0.2) is 50.5 Å². The van der Waals surface area contributed by atoms with Gasteiger partial charge in [0.2, 0.25) is 5.91 Å². The Labute approximate surface area is 198 Å². The lowest BCUT2D eigenvalue weighted by Gasteiger charge is -2.25. The highest BCUT2D eigenvalue weighted by Crippen LogP contribution is 2.22. The number of rotatable bonds is 11. The summed E-state index contributed by atoms with van der Waals surface area (Å²) in [4.78, 5) is 46.3. The monoisotopic (exact) mass is 467 g/mol. The number of hydrogen-bond acceptors (Lipinski definition) is 6. The van der Waals surface area contributed by atoms with Crippen LogP contribution in [0.25, 0.3) is 11.3 Å². The molecule has 0 fully saturated rings. The Kier molecular flexibility index (Phi) is 8.45. The normalized spacial score (nSPS) is 11.2. The fourth-order valence-electron chi connectivity index (χ4n) is 3.64. The smallest absolute Gasteiger partial charge is 0.330 e. The molecular weight excluding hydrogens is 434 g/mol. The first kappa shape index (κ1) is 25.0. The summed E-state index contributed by atoms with van der Waals surface area (Å²) < 4.78 is 7.14. The average molecular weight is 468 g/mol. The van der Waals surface area contributed by atoms with E-state index < -0.39 is 11.2 Å². The quantitative estimate of drug-likeness (QED) is 0.444. The van der Waals surface area contributed by atoms with Crippen molar-refractivity contribution < 1.29 is 9.21 Å². The summed E-state index contributed by atoms with van der Waals surface area (Å²) in [5.74, 6) is 1.11. The second-order valence-electron chi connectivity index (χ2n) is 8.71. The molecule has 0 atom stereocenters. The Hall–Kier alpha value is -3.62. The predicted molar refractivity (Wildman–Crippen MR) is 133 cm³/mol. The summed E-state index contributed by atoms with van der Waals surface area (Å²) >= 11 is 0. The number of nitrogens with one attached hydrogen (secondary N) is 1. The van der Waals surface area contributed by atoms with Crippen LogP contribution in [0.4, 0.5) is 11.5 Å². The van der Waals surface area contributed by atoms with Crippen LogP contribution in [0.5, 0.6) is 0 Å². The summed E-state index contributed by atoms with van der Waals surface area (Å²) in [5, 5.41) is 0.